The fourth-order valence-corrected chi connectivity index (χ4v) is 6.69. The highest BCUT2D eigenvalue weighted by atomic mass is 16.4. The number of hydrogen-bond acceptors (Lipinski definition) is 6. The van der Waals surface area contributed by atoms with Crippen LogP contribution in [0.25, 0.3) is 0 Å². The van der Waals surface area contributed by atoms with Crippen LogP contribution in [-0.2, 0) is 27.3 Å². The average Bonchev–Trinajstić information content (AvgIpc) is 3.23. The van der Waals surface area contributed by atoms with Crippen molar-refractivity contribution >= 4 is 52.5 Å². The van der Waals surface area contributed by atoms with Crippen molar-refractivity contribution in [2.24, 2.45) is 0 Å². The molecule has 12 heteroatoms. The minimum atomic E-state index is -1.07. The number of carbonyl (C=O) groups excluding carboxylic acids is 4. The van der Waals surface area contributed by atoms with Gasteiger partial charge >= 0.3 is 12.0 Å². The largest absolute Gasteiger partial charge is 0.481 e. The number of likely N-dealkylation sites (tertiary alicyclic amines) is 1. The second-order valence-corrected chi connectivity index (χ2v) is 13.2. The molecule has 0 radical (unpaired) electrons. The Morgan fingerprint density at radius 1 is 0.788 bits per heavy atom. The number of hydrogen-bond donors (Lipinski definition) is 4. The molecule has 0 spiro atoms. The van der Waals surface area contributed by atoms with Crippen LogP contribution in [0.15, 0.2) is 97.1 Å². The molecule has 4 aromatic carbocycles. The maximum atomic E-state index is 13.8. The first-order valence-corrected chi connectivity index (χ1v) is 17.4. The van der Waals surface area contributed by atoms with E-state index >= 15 is 0 Å². The molecule has 0 aliphatic carbocycles. The van der Waals surface area contributed by atoms with Crippen LogP contribution in [-0.4, -0.2) is 76.8 Å². The van der Waals surface area contributed by atoms with E-state index in [0.717, 1.165) is 25.2 Å². The van der Waals surface area contributed by atoms with Gasteiger partial charge in [-0.05, 0) is 72.9 Å². The molecule has 1 saturated heterocycles. The quantitative estimate of drug-likeness (QED) is 0.155. The van der Waals surface area contributed by atoms with E-state index in [1.54, 1.807) is 47.4 Å². The Morgan fingerprint density at radius 3 is 2.19 bits per heavy atom. The molecule has 5 amide bonds. The monoisotopic (exact) mass is 702 g/mol. The lowest BCUT2D eigenvalue weighted by molar-refractivity contribution is -0.137. The van der Waals surface area contributed by atoms with E-state index in [0.29, 0.717) is 41.2 Å². The number of benzene rings is 4. The Hall–Kier alpha value is -6.01. The Bertz CT molecular complexity index is 1940. The number of urea groups is 1. The topological polar surface area (TPSA) is 151 Å². The van der Waals surface area contributed by atoms with Crippen molar-refractivity contribution in [1.29, 1.82) is 0 Å². The summed E-state index contributed by atoms with van der Waals surface area (Å²) >= 11 is 0. The number of nitrogens with zero attached hydrogens (tertiary/aromatic N) is 3. The molecule has 0 saturated carbocycles. The number of fused-ring (bicyclic) bond motifs is 1. The van der Waals surface area contributed by atoms with E-state index in [4.69, 9.17) is 0 Å². The van der Waals surface area contributed by atoms with Gasteiger partial charge < -0.3 is 30.9 Å². The highest BCUT2D eigenvalue weighted by Gasteiger charge is 2.37. The lowest BCUT2D eigenvalue weighted by Crippen LogP contribution is -2.49. The molecule has 0 aromatic heterocycles. The zero-order valence-corrected chi connectivity index (χ0v) is 29.0. The fraction of sp³-hybridized carbons (Fsp3) is 0.275. The summed E-state index contributed by atoms with van der Waals surface area (Å²) in [6.45, 7) is 3.93. The van der Waals surface area contributed by atoms with E-state index in [9.17, 15) is 29.1 Å². The van der Waals surface area contributed by atoms with Gasteiger partial charge in [-0.15, -0.1) is 0 Å². The number of nitrogens with one attached hydrogen (secondary N) is 3. The van der Waals surface area contributed by atoms with Crippen LogP contribution in [0.2, 0.25) is 0 Å². The second-order valence-electron chi connectivity index (χ2n) is 13.2. The van der Waals surface area contributed by atoms with Crippen LogP contribution in [0.3, 0.4) is 0 Å². The summed E-state index contributed by atoms with van der Waals surface area (Å²) in [7, 11) is 0. The van der Waals surface area contributed by atoms with Crippen LogP contribution in [0.1, 0.15) is 46.3 Å². The number of rotatable bonds is 11. The van der Waals surface area contributed by atoms with E-state index in [2.05, 4.69) is 33.0 Å². The number of amides is 5. The fourth-order valence-electron chi connectivity index (χ4n) is 6.69. The van der Waals surface area contributed by atoms with Gasteiger partial charge in [0.2, 0.25) is 11.8 Å². The van der Waals surface area contributed by atoms with Gasteiger partial charge in [-0.3, -0.25) is 24.1 Å². The molecule has 0 unspecified atom stereocenters. The van der Waals surface area contributed by atoms with Crippen LogP contribution in [0.4, 0.5) is 27.5 Å². The summed E-state index contributed by atoms with van der Waals surface area (Å²) in [6.07, 6.45) is 1.17. The molecule has 268 valence electrons. The van der Waals surface area contributed by atoms with E-state index in [-0.39, 0.29) is 55.4 Å². The van der Waals surface area contributed by atoms with Crippen molar-refractivity contribution in [1.82, 2.24) is 9.80 Å². The second kappa shape index (κ2) is 16.3. The van der Waals surface area contributed by atoms with Gasteiger partial charge in [0.15, 0.2) is 0 Å². The molecule has 2 heterocycles. The van der Waals surface area contributed by atoms with Gasteiger partial charge in [-0.2, -0.15) is 0 Å². The molecule has 2 aliphatic heterocycles. The number of carboxylic acid groups (broad SMARTS) is 1. The lowest BCUT2D eigenvalue weighted by Gasteiger charge is -2.38. The van der Waals surface area contributed by atoms with Gasteiger partial charge in [0.05, 0.1) is 24.1 Å². The summed E-state index contributed by atoms with van der Waals surface area (Å²) in [6, 6.07) is 29.0. The molecule has 4 aromatic rings. The number of anilines is 4. The van der Waals surface area contributed by atoms with Gasteiger partial charge in [0.1, 0.15) is 6.54 Å². The van der Waals surface area contributed by atoms with Gasteiger partial charge in [-0.1, -0.05) is 60.7 Å². The average molecular weight is 703 g/mol. The zero-order valence-electron chi connectivity index (χ0n) is 29.0. The number of piperidine rings is 1. The van der Waals surface area contributed by atoms with Gasteiger partial charge in [0, 0.05) is 49.3 Å². The number of aliphatic carboxylic acids is 1. The molecular weight excluding hydrogens is 660 g/mol. The third kappa shape index (κ3) is 9.01. The smallest absolute Gasteiger partial charge is 0.323 e. The number of carbonyl (C=O) groups is 5. The molecule has 52 heavy (non-hydrogen) atoms. The summed E-state index contributed by atoms with van der Waals surface area (Å²) in [4.78, 5) is 70.0. The molecule has 6 rings (SSSR count). The maximum Gasteiger partial charge on any atom is 0.323 e. The minimum absolute atomic E-state index is 0.0393. The Morgan fingerprint density at radius 2 is 1.48 bits per heavy atom. The van der Waals surface area contributed by atoms with Crippen LogP contribution in [0, 0.1) is 6.92 Å². The van der Waals surface area contributed by atoms with Crippen molar-refractivity contribution in [3.63, 3.8) is 0 Å². The zero-order chi connectivity index (χ0) is 36.6. The third-order valence-corrected chi connectivity index (χ3v) is 9.39. The summed E-state index contributed by atoms with van der Waals surface area (Å²) < 4.78 is 0. The van der Waals surface area contributed by atoms with Crippen molar-refractivity contribution in [3.05, 3.63) is 119 Å². The maximum absolute atomic E-state index is 13.8. The normalized spacial score (nSPS) is 15.1. The van der Waals surface area contributed by atoms with Crippen molar-refractivity contribution in [2.45, 2.75) is 45.2 Å². The van der Waals surface area contributed by atoms with Crippen LogP contribution < -0.4 is 20.9 Å². The molecule has 0 atom stereocenters. The molecule has 12 nitrogen and oxygen atoms in total. The molecule has 2 aliphatic rings. The summed E-state index contributed by atoms with van der Waals surface area (Å²) in [5.41, 5.74) is 5.22. The summed E-state index contributed by atoms with van der Waals surface area (Å²) in [5, 5.41) is 17.8. The SMILES string of the molecule is Cc1ccccc1NC(=O)Nc1ccc(CC(=O)Nc2ccc3c(c2)C(=O)N(CCC(=O)O)CC(=O)N3C2CCN(Cc3ccccc3)CC2)cc1. The van der Waals surface area contributed by atoms with Crippen molar-refractivity contribution in [3.8, 4) is 0 Å². The van der Waals surface area contributed by atoms with E-state index in [1.807, 2.05) is 49.4 Å². The van der Waals surface area contributed by atoms with Crippen molar-refractivity contribution < 1.29 is 29.1 Å². The first-order chi connectivity index (χ1) is 25.1. The highest BCUT2D eigenvalue weighted by Crippen LogP contribution is 2.33. The number of carboxylic acids is 1. The summed E-state index contributed by atoms with van der Waals surface area (Å²) in [5.74, 6) is -2.11. The van der Waals surface area contributed by atoms with Crippen LogP contribution in [0.5, 0.6) is 0 Å². The highest BCUT2D eigenvalue weighted by molar-refractivity contribution is 6.11. The molecule has 0 bridgehead atoms. The molecule has 4 N–H and O–H groups in total. The van der Waals surface area contributed by atoms with E-state index in [1.165, 1.54) is 10.5 Å². The first kappa shape index (κ1) is 35.8. The standard InChI is InChI=1S/C40H42N6O6/c1-27-7-5-6-10-34(27)43-40(52)42-30-13-11-28(12-14-30)23-36(47)41-31-15-16-35-33(24-31)39(51)45(22-19-38(49)50)26-37(48)46(35)32-17-20-44(21-18-32)25-29-8-3-2-4-9-29/h2-16,24,32H,17-23,25-26H2,1H3,(H,41,47)(H,49,50)(H2,42,43,52). The van der Waals surface area contributed by atoms with Crippen LogP contribution >= 0.6 is 0 Å². The lowest BCUT2D eigenvalue weighted by atomic mass is 10.00. The third-order valence-electron chi connectivity index (χ3n) is 9.39. The van der Waals surface area contributed by atoms with E-state index < -0.39 is 11.9 Å². The Balaban J connectivity index is 1.13. The predicted molar refractivity (Wildman–Crippen MR) is 199 cm³/mol. The number of para-hydroxylation sites is 1. The van der Waals surface area contributed by atoms with Gasteiger partial charge in [0.25, 0.3) is 5.91 Å². The molecular formula is C40H42N6O6. The number of aryl methyl sites for hydroxylation is 1. The van der Waals surface area contributed by atoms with Gasteiger partial charge in [-0.25, -0.2) is 4.79 Å². The van der Waals surface area contributed by atoms with Crippen molar-refractivity contribution in [2.75, 3.05) is 47.0 Å². The first-order valence-electron chi connectivity index (χ1n) is 17.4. The molecule has 1 fully saturated rings. The Kier molecular flexibility index (Phi) is 11.3. The Labute approximate surface area is 302 Å². The minimum Gasteiger partial charge on any atom is -0.481 e. The predicted octanol–water partition coefficient (Wildman–Crippen LogP) is 5.75.